The van der Waals surface area contributed by atoms with Crippen molar-refractivity contribution in [1.29, 1.82) is 0 Å². The largest absolute Gasteiger partial charge is 0.323 e. The van der Waals surface area contributed by atoms with E-state index >= 15 is 0 Å². The van der Waals surface area contributed by atoms with E-state index in [0.29, 0.717) is 22.0 Å². The summed E-state index contributed by atoms with van der Waals surface area (Å²) in [4.78, 5) is 12.3. The Labute approximate surface area is 156 Å². The Morgan fingerprint density at radius 3 is 2.58 bits per heavy atom. The number of amides is 1. The van der Waals surface area contributed by atoms with E-state index in [1.165, 1.54) is 6.07 Å². The molecule has 0 saturated heterocycles. The molecule has 0 radical (unpaired) electrons. The fraction of sp³-hybridized carbons (Fsp3) is 0.200. The fourth-order valence-electron chi connectivity index (χ4n) is 2.83. The lowest BCUT2D eigenvalue weighted by Crippen LogP contribution is -2.15. The SMILES string of the molecule is Cc1nn(Cc2c(F)cccc2Cl)c(C)c1NC(=O)Cc1ccccc1. The lowest BCUT2D eigenvalue weighted by molar-refractivity contribution is -0.115. The van der Waals surface area contributed by atoms with Crippen LogP contribution in [0.2, 0.25) is 5.02 Å². The number of hydrogen-bond acceptors (Lipinski definition) is 2. The van der Waals surface area contributed by atoms with Crippen LogP contribution in [0.1, 0.15) is 22.5 Å². The quantitative estimate of drug-likeness (QED) is 0.716. The Hall–Kier alpha value is -2.66. The lowest BCUT2D eigenvalue weighted by Gasteiger charge is -2.09. The van der Waals surface area contributed by atoms with Gasteiger partial charge in [-0.1, -0.05) is 48.0 Å². The molecule has 0 spiro atoms. The number of aromatic nitrogens is 2. The summed E-state index contributed by atoms with van der Waals surface area (Å²) in [5.74, 6) is -0.495. The molecule has 0 atom stereocenters. The van der Waals surface area contributed by atoms with Crippen molar-refractivity contribution in [3.8, 4) is 0 Å². The molecule has 0 fully saturated rings. The number of rotatable bonds is 5. The minimum Gasteiger partial charge on any atom is -0.323 e. The van der Waals surface area contributed by atoms with Crippen LogP contribution in [-0.4, -0.2) is 15.7 Å². The smallest absolute Gasteiger partial charge is 0.228 e. The zero-order valence-electron chi connectivity index (χ0n) is 14.6. The third-order valence-electron chi connectivity index (χ3n) is 4.22. The second-order valence-corrected chi connectivity index (χ2v) is 6.52. The molecule has 3 aromatic rings. The highest BCUT2D eigenvalue weighted by atomic mass is 35.5. The zero-order valence-corrected chi connectivity index (χ0v) is 15.3. The monoisotopic (exact) mass is 371 g/mol. The number of hydrogen-bond donors (Lipinski definition) is 1. The minimum absolute atomic E-state index is 0.120. The Bertz CT molecular complexity index is 917. The normalized spacial score (nSPS) is 10.8. The van der Waals surface area contributed by atoms with Gasteiger partial charge in [-0.3, -0.25) is 9.48 Å². The molecule has 6 heteroatoms. The van der Waals surface area contributed by atoms with E-state index in [1.807, 2.05) is 44.2 Å². The Kier molecular flexibility index (Phi) is 5.38. The summed E-state index contributed by atoms with van der Waals surface area (Å²) in [6.45, 7) is 3.85. The molecule has 0 aliphatic rings. The first kappa shape index (κ1) is 18.1. The van der Waals surface area contributed by atoms with Gasteiger partial charge in [0.05, 0.1) is 30.0 Å². The minimum atomic E-state index is -0.375. The van der Waals surface area contributed by atoms with Crippen LogP contribution in [0.5, 0.6) is 0 Å². The molecule has 1 amide bonds. The van der Waals surface area contributed by atoms with E-state index in [1.54, 1.807) is 16.8 Å². The highest BCUT2D eigenvalue weighted by Crippen LogP contribution is 2.24. The van der Waals surface area contributed by atoms with Crippen LogP contribution >= 0.6 is 11.6 Å². The van der Waals surface area contributed by atoms with Gasteiger partial charge in [-0.2, -0.15) is 5.10 Å². The Morgan fingerprint density at radius 1 is 1.15 bits per heavy atom. The van der Waals surface area contributed by atoms with Gasteiger partial charge in [0, 0.05) is 10.6 Å². The van der Waals surface area contributed by atoms with Gasteiger partial charge < -0.3 is 5.32 Å². The average Bonchev–Trinajstić information content (AvgIpc) is 2.86. The van der Waals surface area contributed by atoms with Gasteiger partial charge in [0.15, 0.2) is 0 Å². The lowest BCUT2D eigenvalue weighted by atomic mass is 10.1. The van der Waals surface area contributed by atoms with Crippen LogP contribution in [0, 0.1) is 19.7 Å². The molecule has 0 aliphatic carbocycles. The molecule has 0 unspecified atom stereocenters. The Balaban J connectivity index is 1.79. The van der Waals surface area contributed by atoms with E-state index in [4.69, 9.17) is 11.6 Å². The van der Waals surface area contributed by atoms with Gasteiger partial charge >= 0.3 is 0 Å². The fourth-order valence-corrected chi connectivity index (χ4v) is 3.05. The van der Waals surface area contributed by atoms with Crippen LogP contribution in [0.3, 0.4) is 0 Å². The van der Waals surface area contributed by atoms with Crippen LogP contribution in [0.25, 0.3) is 0 Å². The van der Waals surface area contributed by atoms with Crippen molar-refractivity contribution in [2.75, 3.05) is 5.32 Å². The van der Waals surface area contributed by atoms with Crippen molar-refractivity contribution in [2.45, 2.75) is 26.8 Å². The standard InChI is InChI=1S/C20H19ClFN3O/c1-13-20(23-19(26)11-15-7-4-3-5-8-15)14(2)25(24-13)12-16-17(21)9-6-10-18(16)22/h3-10H,11-12H2,1-2H3,(H,23,26). The van der Waals surface area contributed by atoms with Crippen molar-refractivity contribution in [2.24, 2.45) is 0 Å². The summed E-state index contributed by atoms with van der Waals surface area (Å²) in [5.41, 5.74) is 3.39. The molecule has 26 heavy (non-hydrogen) atoms. The number of aryl methyl sites for hydroxylation is 1. The molecule has 2 aromatic carbocycles. The molecule has 1 N–H and O–H groups in total. The van der Waals surface area contributed by atoms with E-state index in [2.05, 4.69) is 10.4 Å². The summed E-state index contributed by atoms with van der Waals surface area (Å²) in [6.07, 6.45) is 0.282. The van der Waals surface area contributed by atoms with Gasteiger partial charge in [-0.25, -0.2) is 4.39 Å². The van der Waals surface area contributed by atoms with Gasteiger partial charge in [-0.05, 0) is 31.5 Å². The molecule has 4 nitrogen and oxygen atoms in total. The third-order valence-corrected chi connectivity index (χ3v) is 4.58. The number of nitrogens with zero attached hydrogens (tertiary/aromatic N) is 2. The van der Waals surface area contributed by atoms with E-state index in [-0.39, 0.29) is 24.7 Å². The number of carbonyl (C=O) groups excluding carboxylic acids is 1. The molecule has 0 bridgehead atoms. The van der Waals surface area contributed by atoms with E-state index in [9.17, 15) is 9.18 Å². The maximum atomic E-state index is 14.0. The maximum absolute atomic E-state index is 14.0. The number of carbonyl (C=O) groups is 1. The number of halogens is 2. The van der Waals surface area contributed by atoms with Gasteiger partial charge in [0.25, 0.3) is 0 Å². The summed E-state index contributed by atoms with van der Waals surface area (Å²) in [5, 5.41) is 7.69. The zero-order chi connectivity index (χ0) is 18.7. The van der Waals surface area contributed by atoms with Gasteiger partial charge in [0.1, 0.15) is 5.82 Å². The second-order valence-electron chi connectivity index (χ2n) is 6.11. The topological polar surface area (TPSA) is 46.9 Å². The third kappa shape index (κ3) is 3.94. The second kappa shape index (κ2) is 7.70. The predicted octanol–water partition coefficient (Wildman–Crippen LogP) is 4.52. The van der Waals surface area contributed by atoms with Crippen LogP contribution in [0.4, 0.5) is 10.1 Å². The highest BCUT2D eigenvalue weighted by molar-refractivity contribution is 6.31. The summed E-state index contributed by atoms with van der Waals surface area (Å²) in [6, 6.07) is 14.1. The van der Waals surface area contributed by atoms with Crippen molar-refractivity contribution in [3.63, 3.8) is 0 Å². The number of nitrogens with one attached hydrogen (secondary N) is 1. The molecule has 0 saturated carbocycles. The number of anilines is 1. The summed E-state index contributed by atoms with van der Waals surface area (Å²) < 4.78 is 15.7. The molecule has 1 heterocycles. The summed E-state index contributed by atoms with van der Waals surface area (Å²) >= 11 is 6.10. The maximum Gasteiger partial charge on any atom is 0.228 e. The average molecular weight is 372 g/mol. The molecular weight excluding hydrogens is 353 g/mol. The molecule has 3 rings (SSSR count). The Morgan fingerprint density at radius 2 is 1.88 bits per heavy atom. The first-order valence-electron chi connectivity index (χ1n) is 8.26. The highest BCUT2D eigenvalue weighted by Gasteiger charge is 2.16. The molecule has 0 aliphatic heterocycles. The van der Waals surface area contributed by atoms with Crippen molar-refractivity contribution < 1.29 is 9.18 Å². The van der Waals surface area contributed by atoms with E-state index in [0.717, 1.165) is 11.3 Å². The van der Waals surface area contributed by atoms with Crippen LogP contribution < -0.4 is 5.32 Å². The van der Waals surface area contributed by atoms with Crippen LogP contribution in [0.15, 0.2) is 48.5 Å². The molecule has 134 valence electrons. The predicted molar refractivity (Wildman–Crippen MR) is 101 cm³/mol. The summed E-state index contributed by atoms with van der Waals surface area (Å²) in [7, 11) is 0. The van der Waals surface area contributed by atoms with Crippen molar-refractivity contribution >= 4 is 23.2 Å². The van der Waals surface area contributed by atoms with Crippen molar-refractivity contribution in [3.05, 3.63) is 81.9 Å². The molecule has 1 aromatic heterocycles. The number of benzene rings is 2. The first-order valence-corrected chi connectivity index (χ1v) is 8.64. The van der Waals surface area contributed by atoms with Crippen LogP contribution in [-0.2, 0) is 17.8 Å². The van der Waals surface area contributed by atoms with Crippen molar-refractivity contribution in [1.82, 2.24) is 9.78 Å². The van der Waals surface area contributed by atoms with Gasteiger partial charge in [-0.15, -0.1) is 0 Å². The molecular formula is C20H19ClFN3O. The van der Waals surface area contributed by atoms with Gasteiger partial charge in [0.2, 0.25) is 5.91 Å². The van der Waals surface area contributed by atoms with E-state index < -0.39 is 0 Å². The first-order chi connectivity index (χ1) is 12.5.